The molecule has 1 fully saturated rings. The molecule has 1 aliphatic rings. The summed E-state index contributed by atoms with van der Waals surface area (Å²) in [4.78, 5) is 8.01. The first kappa shape index (κ1) is 18.5. The van der Waals surface area contributed by atoms with E-state index in [4.69, 9.17) is 22.1 Å². The van der Waals surface area contributed by atoms with Gasteiger partial charge in [-0.3, -0.25) is 14.5 Å². The summed E-state index contributed by atoms with van der Waals surface area (Å²) in [7, 11) is 1.70. The highest BCUT2D eigenvalue weighted by Crippen LogP contribution is 2.34. The van der Waals surface area contributed by atoms with Crippen molar-refractivity contribution in [1.82, 2.24) is 24.2 Å². The maximum absolute atomic E-state index is 5.77. The van der Waals surface area contributed by atoms with Crippen LogP contribution in [0.3, 0.4) is 0 Å². The summed E-state index contributed by atoms with van der Waals surface area (Å²) >= 11 is 7.60. The zero-order chi connectivity index (χ0) is 18.6. The summed E-state index contributed by atoms with van der Waals surface area (Å²) in [5.41, 5.74) is 1.02. The molecule has 0 spiro atoms. The molecule has 0 bridgehead atoms. The summed E-state index contributed by atoms with van der Waals surface area (Å²) in [5, 5.41) is 7.02. The molecule has 0 amide bonds. The quantitative estimate of drug-likeness (QED) is 0.561. The van der Waals surface area contributed by atoms with Gasteiger partial charge in [0.1, 0.15) is 0 Å². The minimum atomic E-state index is 0.459. The number of aromatic nitrogens is 4. The minimum absolute atomic E-state index is 0.459. The minimum Gasteiger partial charge on any atom is -0.383 e. The van der Waals surface area contributed by atoms with Crippen molar-refractivity contribution in [3.8, 4) is 11.4 Å². The Morgan fingerprint density at radius 1 is 1.30 bits per heavy atom. The van der Waals surface area contributed by atoms with E-state index >= 15 is 0 Å². The Labute approximate surface area is 168 Å². The van der Waals surface area contributed by atoms with Crippen LogP contribution in [0.5, 0.6) is 0 Å². The molecule has 6 nitrogen and oxygen atoms in total. The molecule has 0 radical (unpaired) electrons. The molecule has 3 aromatic rings. The first-order valence-electron chi connectivity index (χ1n) is 9.12. The number of hydrogen-bond donors (Lipinski definition) is 0. The first-order valence-corrected chi connectivity index (χ1v) is 10.4. The van der Waals surface area contributed by atoms with Crippen LogP contribution in [0.1, 0.15) is 23.8 Å². The lowest BCUT2D eigenvalue weighted by Crippen LogP contribution is -2.26. The van der Waals surface area contributed by atoms with Gasteiger partial charge in [0.25, 0.3) is 0 Å². The molecule has 3 aromatic heterocycles. The number of thiophene rings is 1. The van der Waals surface area contributed by atoms with Gasteiger partial charge in [0.05, 0.1) is 19.8 Å². The van der Waals surface area contributed by atoms with Gasteiger partial charge in [0.2, 0.25) is 0 Å². The Hall–Kier alpha value is -1.87. The Balaban J connectivity index is 1.65. The molecule has 4 rings (SSSR count). The van der Waals surface area contributed by atoms with E-state index in [1.807, 2.05) is 28.2 Å². The van der Waals surface area contributed by atoms with Crippen molar-refractivity contribution in [3.05, 3.63) is 51.7 Å². The van der Waals surface area contributed by atoms with E-state index < -0.39 is 0 Å². The average Bonchev–Trinajstić information content (AvgIpc) is 3.43. The molecule has 0 aromatic carbocycles. The molecule has 0 N–H and O–H groups in total. The molecule has 0 saturated carbocycles. The van der Waals surface area contributed by atoms with E-state index in [0.717, 1.165) is 22.7 Å². The van der Waals surface area contributed by atoms with Gasteiger partial charge in [-0.05, 0) is 48.6 Å². The topological polar surface area (TPSA) is 48.1 Å². The van der Waals surface area contributed by atoms with Crippen LogP contribution in [0.2, 0.25) is 0 Å². The van der Waals surface area contributed by atoms with Gasteiger partial charge in [-0.25, -0.2) is 4.68 Å². The lowest BCUT2D eigenvalue weighted by atomic mass is 10.2. The van der Waals surface area contributed by atoms with E-state index in [0.29, 0.717) is 25.9 Å². The summed E-state index contributed by atoms with van der Waals surface area (Å²) in [6.45, 7) is 3.06. The predicted octanol–water partition coefficient (Wildman–Crippen LogP) is 3.98. The fourth-order valence-electron chi connectivity index (χ4n) is 3.60. The molecule has 1 saturated heterocycles. The molecule has 27 heavy (non-hydrogen) atoms. The van der Waals surface area contributed by atoms with Crippen molar-refractivity contribution in [1.29, 1.82) is 0 Å². The van der Waals surface area contributed by atoms with Crippen molar-refractivity contribution >= 4 is 23.6 Å². The van der Waals surface area contributed by atoms with Crippen LogP contribution in [0.4, 0.5) is 0 Å². The van der Waals surface area contributed by atoms with Crippen molar-refractivity contribution < 1.29 is 4.74 Å². The Morgan fingerprint density at radius 2 is 2.15 bits per heavy atom. The zero-order valence-corrected chi connectivity index (χ0v) is 17.0. The maximum atomic E-state index is 5.77. The third-order valence-corrected chi connectivity index (χ3v) is 6.34. The largest absolute Gasteiger partial charge is 0.383 e. The highest BCUT2D eigenvalue weighted by molar-refractivity contribution is 7.71. The number of likely N-dealkylation sites (tertiary alicyclic amines) is 1. The number of hydrogen-bond acceptors (Lipinski definition) is 6. The van der Waals surface area contributed by atoms with Crippen molar-refractivity contribution in [2.75, 3.05) is 20.3 Å². The second kappa shape index (κ2) is 8.43. The van der Waals surface area contributed by atoms with Crippen LogP contribution in [0.15, 0.2) is 42.0 Å². The summed E-state index contributed by atoms with van der Waals surface area (Å²) in [6, 6.07) is 8.75. The third kappa shape index (κ3) is 3.89. The van der Waals surface area contributed by atoms with Crippen LogP contribution < -0.4 is 0 Å². The summed E-state index contributed by atoms with van der Waals surface area (Å²) in [6.07, 6.45) is 5.96. The van der Waals surface area contributed by atoms with Gasteiger partial charge in [0, 0.05) is 42.5 Å². The fourth-order valence-corrected chi connectivity index (χ4v) is 4.77. The number of nitrogens with zero attached hydrogens (tertiary/aromatic N) is 5. The van der Waals surface area contributed by atoms with Crippen LogP contribution >= 0.6 is 23.6 Å². The molecule has 0 aliphatic carbocycles. The third-order valence-electron chi connectivity index (χ3n) is 4.93. The molecular weight excluding hydrogens is 378 g/mol. The smallest absolute Gasteiger partial charge is 0.199 e. The van der Waals surface area contributed by atoms with Crippen molar-refractivity contribution in [2.24, 2.45) is 0 Å². The van der Waals surface area contributed by atoms with Gasteiger partial charge in [-0.2, -0.15) is 5.10 Å². The molecular formula is C19H23N5OS2. The molecule has 142 valence electrons. The SMILES string of the molecule is COCCn1c(-c2ccncc2)nn(CN2CCC[C@@H]2c2cccs2)c1=S. The van der Waals surface area contributed by atoms with Crippen LogP contribution in [0, 0.1) is 4.77 Å². The van der Waals surface area contributed by atoms with E-state index in [9.17, 15) is 0 Å². The predicted molar refractivity (Wildman–Crippen MR) is 109 cm³/mol. The zero-order valence-electron chi connectivity index (χ0n) is 15.3. The normalized spacial score (nSPS) is 17.6. The van der Waals surface area contributed by atoms with Gasteiger partial charge in [0.15, 0.2) is 10.6 Å². The van der Waals surface area contributed by atoms with E-state index in [1.165, 1.54) is 17.7 Å². The fraction of sp³-hybridized carbons (Fsp3) is 0.421. The van der Waals surface area contributed by atoms with Crippen molar-refractivity contribution in [3.63, 3.8) is 0 Å². The summed E-state index contributed by atoms with van der Waals surface area (Å²) < 4.78 is 10.0. The average molecular weight is 402 g/mol. The van der Waals surface area contributed by atoms with Crippen LogP contribution in [0.25, 0.3) is 11.4 Å². The van der Waals surface area contributed by atoms with Crippen LogP contribution in [-0.2, 0) is 18.0 Å². The lowest BCUT2D eigenvalue weighted by molar-refractivity contribution is 0.183. The lowest BCUT2D eigenvalue weighted by Gasteiger charge is -2.23. The highest BCUT2D eigenvalue weighted by atomic mass is 32.1. The molecule has 1 atom stereocenters. The standard InChI is InChI=1S/C19H23N5OS2/c1-25-12-11-23-18(15-6-8-20-9-7-15)21-24(19(23)26)14-22-10-2-4-16(22)17-5-3-13-27-17/h3,5-9,13,16H,2,4,10-12,14H2,1H3/t16-/m1/s1. The van der Waals surface area contributed by atoms with Gasteiger partial charge in [-0.1, -0.05) is 6.07 Å². The second-order valence-electron chi connectivity index (χ2n) is 6.61. The molecule has 0 unspecified atom stereocenters. The number of pyridine rings is 1. The first-order chi connectivity index (χ1) is 13.3. The molecule has 4 heterocycles. The van der Waals surface area contributed by atoms with E-state index in [2.05, 4.69) is 32.0 Å². The monoisotopic (exact) mass is 401 g/mol. The number of ether oxygens (including phenoxy) is 1. The highest BCUT2D eigenvalue weighted by Gasteiger charge is 2.27. The van der Waals surface area contributed by atoms with Gasteiger partial charge in [-0.15, -0.1) is 11.3 Å². The second-order valence-corrected chi connectivity index (χ2v) is 7.96. The summed E-state index contributed by atoms with van der Waals surface area (Å²) in [5.74, 6) is 0.867. The van der Waals surface area contributed by atoms with Crippen molar-refractivity contribution in [2.45, 2.75) is 32.1 Å². The Kier molecular flexibility index (Phi) is 5.77. The molecule has 1 aliphatic heterocycles. The Morgan fingerprint density at radius 3 is 2.89 bits per heavy atom. The number of methoxy groups -OCH3 is 1. The van der Waals surface area contributed by atoms with Gasteiger partial charge >= 0.3 is 0 Å². The van der Waals surface area contributed by atoms with E-state index in [1.54, 1.807) is 19.5 Å². The van der Waals surface area contributed by atoms with Gasteiger partial charge < -0.3 is 4.74 Å². The maximum Gasteiger partial charge on any atom is 0.199 e. The van der Waals surface area contributed by atoms with E-state index in [-0.39, 0.29) is 0 Å². The number of rotatable bonds is 7. The Bertz CT molecular complexity index is 919. The van der Waals surface area contributed by atoms with Crippen LogP contribution in [-0.4, -0.2) is 44.5 Å². The molecule has 8 heteroatoms.